The molecule has 16 heavy (non-hydrogen) atoms. The van der Waals surface area contributed by atoms with E-state index in [1.54, 1.807) is 0 Å². The van der Waals surface area contributed by atoms with Gasteiger partial charge in [0.25, 0.3) is 10.1 Å². The van der Waals surface area contributed by atoms with E-state index in [1.807, 2.05) is 13.8 Å². The predicted molar refractivity (Wildman–Crippen MR) is 61.5 cm³/mol. The van der Waals surface area contributed by atoms with Crippen LogP contribution in [0.5, 0.6) is 0 Å². The van der Waals surface area contributed by atoms with Gasteiger partial charge in [0.15, 0.2) is 0 Å². The largest absolute Gasteiger partial charge is 0.355 e. The van der Waals surface area contributed by atoms with E-state index in [-0.39, 0.29) is 30.5 Å². The van der Waals surface area contributed by atoms with Crippen molar-refractivity contribution in [2.75, 3.05) is 12.3 Å². The summed E-state index contributed by atoms with van der Waals surface area (Å²) in [4.78, 5) is 11.4. The first-order valence-corrected chi connectivity index (χ1v) is 6.87. The summed E-state index contributed by atoms with van der Waals surface area (Å²) < 4.78 is 29.2. The summed E-state index contributed by atoms with van der Waals surface area (Å²) in [5.74, 6) is -0.558. The molecule has 0 aliphatic heterocycles. The van der Waals surface area contributed by atoms with Crippen LogP contribution in [0.4, 0.5) is 0 Å². The Balaban J connectivity index is 3.82. The van der Waals surface area contributed by atoms with Crippen LogP contribution in [-0.2, 0) is 14.9 Å². The van der Waals surface area contributed by atoms with Gasteiger partial charge in [0.1, 0.15) is 0 Å². The Hall–Kier alpha value is -0.660. The van der Waals surface area contributed by atoms with Gasteiger partial charge in [-0.05, 0) is 12.3 Å². The lowest BCUT2D eigenvalue weighted by atomic mass is 9.99. The average Bonchev–Trinajstić information content (AvgIpc) is 2.20. The zero-order chi connectivity index (χ0) is 12.8. The van der Waals surface area contributed by atoms with E-state index in [0.29, 0.717) is 0 Å². The van der Waals surface area contributed by atoms with Crippen LogP contribution in [-0.4, -0.2) is 37.2 Å². The van der Waals surface area contributed by atoms with Gasteiger partial charge in [-0.3, -0.25) is 9.35 Å². The SMILES string of the molecule is CCC(C)[C@H](N)C(=O)NCCCS(=O)(=O)O. The van der Waals surface area contributed by atoms with E-state index in [9.17, 15) is 13.2 Å². The monoisotopic (exact) mass is 252 g/mol. The molecule has 0 spiro atoms. The van der Waals surface area contributed by atoms with Gasteiger partial charge in [0.2, 0.25) is 5.91 Å². The van der Waals surface area contributed by atoms with Gasteiger partial charge < -0.3 is 11.1 Å². The minimum atomic E-state index is -3.95. The Labute approximate surface area is 96.3 Å². The smallest absolute Gasteiger partial charge is 0.264 e. The van der Waals surface area contributed by atoms with Gasteiger partial charge in [0.05, 0.1) is 11.8 Å². The molecule has 0 saturated heterocycles. The number of carbonyl (C=O) groups is 1. The molecule has 4 N–H and O–H groups in total. The number of carbonyl (C=O) groups excluding carboxylic acids is 1. The van der Waals surface area contributed by atoms with Crippen molar-refractivity contribution >= 4 is 16.0 Å². The van der Waals surface area contributed by atoms with Gasteiger partial charge in [-0.25, -0.2) is 0 Å². The lowest BCUT2D eigenvalue weighted by Gasteiger charge is -2.17. The van der Waals surface area contributed by atoms with Crippen LogP contribution in [0.25, 0.3) is 0 Å². The number of rotatable bonds is 7. The summed E-state index contributed by atoms with van der Waals surface area (Å²) in [5.41, 5.74) is 5.66. The number of amides is 1. The highest BCUT2D eigenvalue weighted by molar-refractivity contribution is 7.85. The van der Waals surface area contributed by atoms with Gasteiger partial charge in [0, 0.05) is 6.54 Å². The second kappa shape index (κ2) is 6.82. The first-order valence-electron chi connectivity index (χ1n) is 5.26. The van der Waals surface area contributed by atoms with E-state index in [0.717, 1.165) is 6.42 Å². The highest BCUT2D eigenvalue weighted by atomic mass is 32.2. The van der Waals surface area contributed by atoms with Crippen LogP contribution in [0.2, 0.25) is 0 Å². The molecule has 0 aromatic carbocycles. The van der Waals surface area contributed by atoms with Crippen molar-refractivity contribution in [2.45, 2.75) is 32.7 Å². The maximum atomic E-state index is 11.4. The van der Waals surface area contributed by atoms with Crippen molar-refractivity contribution < 1.29 is 17.8 Å². The zero-order valence-electron chi connectivity index (χ0n) is 9.64. The molecule has 6 nitrogen and oxygen atoms in total. The molecule has 96 valence electrons. The molecule has 2 atom stereocenters. The van der Waals surface area contributed by atoms with Gasteiger partial charge in [-0.15, -0.1) is 0 Å². The molecule has 7 heteroatoms. The fraction of sp³-hybridized carbons (Fsp3) is 0.889. The fourth-order valence-electron chi connectivity index (χ4n) is 1.10. The number of hydrogen-bond donors (Lipinski definition) is 3. The molecule has 0 aliphatic rings. The molecular weight excluding hydrogens is 232 g/mol. The van der Waals surface area contributed by atoms with Gasteiger partial charge in [-0.1, -0.05) is 20.3 Å². The molecule has 0 aromatic heterocycles. The van der Waals surface area contributed by atoms with E-state index in [2.05, 4.69) is 5.32 Å². The van der Waals surface area contributed by atoms with E-state index < -0.39 is 16.2 Å². The van der Waals surface area contributed by atoms with Crippen LogP contribution in [0, 0.1) is 5.92 Å². The van der Waals surface area contributed by atoms with Crippen molar-refractivity contribution in [1.29, 1.82) is 0 Å². The molecular formula is C9H20N2O4S. The lowest BCUT2D eigenvalue weighted by molar-refractivity contribution is -0.123. The van der Waals surface area contributed by atoms with E-state index in [1.165, 1.54) is 0 Å². The van der Waals surface area contributed by atoms with Crippen molar-refractivity contribution in [1.82, 2.24) is 5.32 Å². The zero-order valence-corrected chi connectivity index (χ0v) is 10.5. The molecule has 1 unspecified atom stereocenters. The molecule has 0 aromatic rings. The van der Waals surface area contributed by atoms with Crippen LogP contribution >= 0.6 is 0 Å². The molecule has 0 radical (unpaired) electrons. The molecule has 0 aliphatic carbocycles. The summed E-state index contributed by atoms with van der Waals surface area (Å²) in [6.07, 6.45) is 0.984. The Morgan fingerprint density at radius 2 is 2.06 bits per heavy atom. The number of nitrogens with two attached hydrogens (primary N) is 1. The fourth-order valence-corrected chi connectivity index (χ4v) is 1.61. The average molecular weight is 252 g/mol. The number of hydrogen-bond acceptors (Lipinski definition) is 4. The van der Waals surface area contributed by atoms with Crippen molar-refractivity contribution in [2.24, 2.45) is 11.7 Å². The maximum Gasteiger partial charge on any atom is 0.264 e. The van der Waals surface area contributed by atoms with Crippen LogP contribution in [0.3, 0.4) is 0 Å². The predicted octanol–water partition coefficient (Wildman–Crippen LogP) is -0.246. The third-order valence-corrected chi connectivity index (χ3v) is 3.24. The Morgan fingerprint density at radius 3 is 2.50 bits per heavy atom. The third-order valence-electron chi connectivity index (χ3n) is 2.44. The third kappa shape index (κ3) is 6.76. The van der Waals surface area contributed by atoms with Crippen molar-refractivity contribution in [3.05, 3.63) is 0 Å². The standard InChI is InChI=1S/C9H20N2O4S/c1-3-7(2)8(10)9(12)11-5-4-6-16(13,14)15/h7-8H,3-6,10H2,1-2H3,(H,11,12)(H,13,14,15)/t7?,8-/m0/s1. The second-order valence-electron chi connectivity index (χ2n) is 3.84. The highest BCUT2D eigenvalue weighted by Gasteiger charge is 2.18. The minimum Gasteiger partial charge on any atom is -0.355 e. The summed E-state index contributed by atoms with van der Waals surface area (Å²) in [5, 5.41) is 2.53. The van der Waals surface area contributed by atoms with Crippen LogP contribution in [0.1, 0.15) is 26.7 Å². The molecule has 0 fully saturated rings. The maximum absolute atomic E-state index is 11.4. The van der Waals surface area contributed by atoms with Crippen molar-refractivity contribution in [3.8, 4) is 0 Å². The topological polar surface area (TPSA) is 109 Å². The number of nitrogens with one attached hydrogen (secondary N) is 1. The van der Waals surface area contributed by atoms with Gasteiger partial charge >= 0.3 is 0 Å². The van der Waals surface area contributed by atoms with Crippen molar-refractivity contribution in [3.63, 3.8) is 0 Å². The quantitative estimate of drug-likeness (QED) is 0.427. The normalized spacial score (nSPS) is 15.5. The Bertz CT molecular complexity index is 315. The van der Waals surface area contributed by atoms with Crippen LogP contribution < -0.4 is 11.1 Å². The lowest BCUT2D eigenvalue weighted by Crippen LogP contribution is -2.45. The highest BCUT2D eigenvalue weighted by Crippen LogP contribution is 2.04. The second-order valence-corrected chi connectivity index (χ2v) is 5.41. The molecule has 0 heterocycles. The summed E-state index contributed by atoms with van der Waals surface area (Å²) in [6.45, 7) is 4.02. The van der Waals surface area contributed by atoms with E-state index >= 15 is 0 Å². The Kier molecular flexibility index (Phi) is 6.54. The first kappa shape index (κ1) is 15.3. The summed E-state index contributed by atoms with van der Waals surface area (Å²) in [7, 11) is -3.95. The molecule has 0 saturated carbocycles. The van der Waals surface area contributed by atoms with E-state index in [4.69, 9.17) is 10.3 Å². The first-order chi connectivity index (χ1) is 7.28. The van der Waals surface area contributed by atoms with Crippen LogP contribution in [0.15, 0.2) is 0 Å². The summed E-state index contributed by atoms with van der Waals surface area (Å²) >= 11 is 0. The molecule has 0 bridgehead atoms. The minimum absolute atomic E-state index is 0.0848. The Morgan fingerprint density at radius 1 is 1.50 bits per heavy atom. The van der Waals surface area contributed by atoms with Gasteiger partial charge in [-0.2, -0.15) is 8.42 Å². The molecule has 0 rings (SSSR count). The molecule has 1 amide bonds. The summed E-state index contributed by atoms with van der Waals surface area (Å²) in [6, 6.07) is -0.573.